The number of aliphatic hydroxyl groups excluding tert-OH is 1. The third-order valence-electron chi connectivity index (χ3n) is 5.41. The highest BCUT2D eigenvalue weighted by molar-refractivity contribution is 5.99. The fraction of sp³-hybridized carbons (Fsp3) is 0.417. The number of methoxy groups -OCH3 is 1. The van der Waals surface area contributed by atoms with Crippen LogP contribution >= 0.6 is 0 Å². The number of hydrogen-bond donors (Lipinski definition) is 4. The maximum absolute atomic E-state index is 11.8. The number of urea groups is 2. The van der Waals surface area contributed by atoms with E-state index in [0.717, 1.165) is 0 Å². The largest absolute Gasteiger partial charge is 0.465 e. The highest BCUT2D eigenvalue weighted by Crippen LogP contribution is 2.19. The number of likely N-dealkylation sites (N-methyl/N-ethyl adjacent to an activating group) is 2. The number of nitrogens with zero attached hydrogens (tertiary/aromatic N) is 6. The highest BCUT2D eigenvalue weighted by Gasteiger charge is 2.28. The molecule has 0 saturated carbocycles. The van der Waals surface area contributed by atoms with E-state index in [1.807, 2.05) is 0 Å². The number of aromatic nitrogens is 2. The minimum Gasteiger partial charge on any atom is -0.465 e. The lowest BCUT2D eigenvalue weighted by molar-refractivity contribution is 0.0600. The zero-order valence-corrected chi connectivity index (χ0v) is 23.1. The Morgan fingerprint density at radius 3 is 1.65 bits per heavy atom. The average Bonchev–Trinajstić information content (AvgIpc) is 3.49. The Morgan fingerprint density at radius 2 is 1.30 bits per heavy atom. The van der Waals surface area contributed by atoms with Gasteiger partial charge >= 0.3 is 18.0 Å². The molecule has 4 amide bonds. The molecule has 0 unspecified atom stereocenters. The van der Waals surface area contributed by atoms with Crippen LogP contribution in [0.15, 0.2) is 36.7 Å². The van der Waals surface area contributed by atoms with Crippen molar-refractivity contribution >= 4 is 35.5 Å². The molecule has 0 aromatic carbocycles. The molecule has 40 heavy (non-hydrogen) atoms. The number of ketones is 1. The lowest BCUT2D eigenvalue weighted by atomic mass is 10.2. The number of carbonyl (C=O) groups excluding carboxylic acids is 4. The van der Waals surface area contributed by atoms with Crippen molar-refractivity contribution in [3.05, 3.63) is 47.8 Å². The van der Waals surface area contributed by atoms with Gasteiger partial charge in [0.2, 0.25) is 0 Å². The maximum atomic E-state index is 11.8. The normalized spacial score (nSPS) is 13.7. The van der Waals surface area contributed by atoms with E-state index < -0.39 is 5.97 Å². The molecule has 0 bridgehead atoms. The van der Waals surface area contributed by atoms with Gasteiger partial charge in [-0.05, 0) is 31.2 Å². The van der Waals surface area contributed by atoms with Crippen molar-refractivity contribution in [2.75, 3.05) is 70.3 Å². The summed E-state index contributed by atoms with van der Waals surface area (Å²) in [7, 11) is 4.78. The summed E-state index contributed by atoms with van der Waals surface area (Å²) in [5.74, 6) is 8.38. The summed E-state index contributed by atoms with van der Waals surface area (Å²) >= 11 is 0. The molecule has 2 aliphatic heterocycles. The number of anilines is 2. The number of amides is 4. The summed E-state index contributed by atoms with van der Waals surface area (Å²) < 4.78 is 4.62. The number of rotatable bonds is 5. The molecule has 4 rings (SSSR count). The summed E-state index contributed by atoms with van der Waals surface area (Å²) in [4.78, 5) is 60.8. The number of nitrogens with two attached hydrogens (primary N) is 3. The Bertz CT molecular complexity index is 1030. The third-order valence-corrected chi connectivity index (χ3v) is 5.41. The quantitative estimate of drug-likeness (QED) is 0.145. The molecule has 4 heterocycles. The second-order valence-electron chi connectivity index (χ2n) is 7.95. The lowest BCUT2D eigenvalue weighted by Gasteiger charge is -2.15. The number of esters is 1. The van der Waals surface area contributed by atoms with Gasteiger partial charge in [0, 0.05) is 64.8 Å². The molecule has 9 N–H and O–H groups in total. The Morgan fingerprint density at radius 1 is 0.900 bits per heavy atom. The monoisotopic (exact) mass is 565 g/mol. The van der Waals surface area contributed by atoms with Gasteiger partial charge in [-0.15, -0.1) is 0 Å². The molecular weight excluding hydrogens is 526 g/mol. The topological polar surface area (TPSA) is 246 Å². The second kappa shape index (κ2) is 18.1. The zero-order chi connectivity index (χ0) is 29.5. The number of pyridine rings is 2. The van der Waals surface area contributed by atoms with E-state index >= 15 is 0 Å². The van der Waals surface area contributed by atoms with E-state index in [0.29, 0.717) is 48.9 Å². The van der Waals surface area contributed by atoms with Gasteiger partial charge in [-0.25, -0.2) is 24.4 Å². The van der Waals surface area contributed by atoms with Crippen LogP contribution in [0.3, 0.4) is 0 Å². The summed E-state index contributed by atoms with van der Waals surface area (Å²) in [6.07, 6.45) is 3.01. The molecule has 0 atom stereocenters. The fourth-order valence-electron chi connectivity index (χ4n) is 3.39. The van der Waals surface area contributed by atoms with E-state index in [9.17, 15) is 19.2 Å². The first-order chi connectivity index (χ1) is 18.7. The predicted octanol–water partition coefficient (Wildman–Crippen LogP) is -1.17. The second-order valence-corrected chi connectivity index (χ2v) is 7.95. The summed E-state index contributed by atoms with van der Waals surface area (Å²) in [5, 5.41) is 7.57. The molecule has 2 aliphatic rings. The molecular formula is C24H39N9O7. The van der Waals surface area contributed by atoms with Gasteiger partial charge in [0.15, 0.2) is 5.78 Å². The molecule has 2 saturated heterocycles. The van der Waals surface area contributed by atoms with Gasteiger partial charge in [0.25, 0.3) is 0 Å². The Balaban J connectivity index is 0.000000642. The van der Waals surface area contributed by atoms with Gasteiger partial charge in [-0.3, -0.25) is 26.3 Å². The first-order valence-electron chi connectivity index (χ1n) is 11.9. The Kier molecular flexibility index (Phi) is 16.2. The smallest absolute Gasteiger partial charge is 0.338 e. The highest BCUT2D eigenvalue weighted by atomic mass is 16.5. The summed E-state index contributed by atoms with van der Waals surface area (Å²) in [6.45, 7) is 4.37. The molecule has 2 aromatic rings. The Hall–Kier alpha value is -4.22. The van der Waals surface area contributed by atoms with Crippen molar-refractivity contribution < 1.29 is 34.5 Å². The number of Topliss-reactive ketones (excluding diaryl/α,β-unsaturated/α-hetero) is 1. The van der Waals surface area contributed by atoms with Crippen molar-refractivity contribution in [2.45, 2.75) is 6.92 Å². The van der Waals surface area contributed by atoms with Crippen molar-refractivity contribution in [1.29, 1.82) is 0 Å². The van der Waals surface area contributed by atoms with Gasteiger partial charge < -0.3 is 30.9 Å². The Labute approximate surface area is 232 Å². The summed E-state index contributed by atoms with van der Waals surface area (Å²) in [6, 6.07) is 6.10. The van der Waals surface area contributed by atoms with Gasteiger partial charge in [-0.1, -0.05) is 0 Å². The van der Waals surface area contributed by atoms with Crippen LogP contribution in [0.2, 0.25) is 0 Å². The summed E-state index contributed by atoms with van der Waals surface area (Å²) in [5.41, 5.74) is 6.17. The first-order valence-corrected chi connectivity index (χ1v) is 11.9. The van der Waals surface area contributed by atoms with Crippen LogP contribution in [0.5, 0.6) is 0 Å². The van der Waals surface area contributed by atoms with E-state index in [4.69, 9.17) is 10.8 Å². The SMILES string of the molecule is CCO.CN1CCN(c2cc(C(=O)CN)ccn2)C1=O.COC(=O)c1ccnc(N2CCN(C)C2=O)c1.NN.O. The predicted molar refractivity (Wildman–Crippen MR) is 149 cm³/mol. The lowest BCUT2D eigenvalue weighted by Crippen LogP contribution is -2.30. The number of carbonyl (C=O) groups is 4. The van der Waals surface area contributed by atoms with E-state index in [2.05, 4.69) is 26.4 Å². The van der Waals surface area contributed by atoms with Gasteiger partial charge in [-0.2, -0.15) is 0 Å². The third kappa shape index (κ3) is 9.51. The minimum atomic E-state index is -0.436. The average molecular weight is 566 g/mol. The molecule has 16 nitrogen and oxygen atoms in total. The minimum absolute atomic E-state index is 0. The van der Waals surface area contributed by atoms with E-state index in [-0.39, 0.29) is 36.5 Å². The van der Waals surface area contributed by atoms with Crippen LogP contribution in [-0.4, -0.2) is 115 Å². The van der Waals surface area contributed by atoms with E-state index in [1.165, 1.54) is 24.4 Å². The van der Waals surface area contributed by atoms with E-state index in [1.54, 1.807) is 60.0 Å². The maximum Gasteiger partial charge on any atom is 0.338 e. The molecule has 2 fully saturated rings. The van der Waals surface area contributed by atoms with Crippen LogP contribution in [0.1, 0.15) is 27.6 Å². The fourth-order valence-corrected chi connectivity index (χ4v) is 3.39. The molecule has 0 spiro atoms. The molecule has 0 radical (unpaired) electrons. The van der Waals surface area contributed by atoms with Crippen molar-refractivity contribution in [2.24, 2.45) is 17.4 Å². The number of ether oxygens (including phenoxy) is 1. The van der Waals surface area contributed by atoms with Crippen molar-refractivity contribution in [3.63, 3.8) is 0 Å². The van der Waals surface area contributed by atoms with Crippen LogP contribution < -0.4 is 27.2 Å². The van der Waals surface area contributed by atoms with Crippen LogP contribution in [0.25, 0.3) is 0 Å². The molecule has 2 aromatic heterocycles. The molecule has 222 valence electrons. The van der Waals surface area contributed by atoms with Gasteiger partial charge in [0.1, 0.15) is 11.6 Å². The number of hydrogen-bond acceptors (Lipinski definition) is 11. The standard InChI is InChI=1S/C11H14N4O2.C11H13N3O3.C2H6O.H4N2.H2O/c1-14-4-5-15(11(14)17)10-6-8(2-3-13-10)9(16)7-12;1-13-5-6-14(11(13)16)9-7-8(3-4-12-9)10(15)17-2;1-2-3;1-2;/h2-3,6H,4-5,7,12H2,1H3;3-4,7H,5-6H2,1-2H3;3H,2H2,1H3;1-2H2;1H2. The van der Waals surface area contributed by atoms with Crippen LogP contribution in [0.4, 0.5) is 21.2 Å². The number of hydrazine groups is 1. The van der Waals surface area contributed by atoms with Crippen LogP contribution in [-0.2, 0) is 4.74 Å². The van der Waals surface area contributed by atoms with Crippen molar-refractivity contribution in [1.82, 2.24) is 19.8 Å². The van der Waals surface area contributed by atoms with Gasteiger partial charge in [0.05, 0.1) is 19.2 Å². The zero-order valence-electron chi connectivity index (χ0n) is 23.1. The number of aliphatic hydroxyl groups is 1. The van der Waals surface area contributed by atoms with Crippen LogP contribution in [0, 0.1) is 0 Å². The molecule has 16 heteroatoms. The first kappa shape index (κ1) is 35.8. The molecule has 0 aliphatic carbocycles. The van der Waals surface area contributed by atoms with Crippen molar-refractivity contribution in [3.8, 4) is 0 Å².